The summed E-state index contributed by atoms with van der Waals surface area (Å²) in [5.74, 6) is 3.70. The van der Waals surface area contributed by atoms with Gasteiger partial charge < -0.3 is 9.47 Å². The standard InChI is InChI=1S/C21H23NO4S/c1-3-11-26-17-10-9-16(12-18(17)25-2)13-19-20(23)22(21(24)27-19)14-15-7-5-4-6-8-15/h1,9-10,12-13,15H,4-8,11,14H2,2H3/b19-13+. The Hall–Kier alpha value is -2.39. The molecule has 1 aliphatic carbocycles. The van der Waals surface area contributed by atoms with Crippen molar-refractivity contribution in [1.82, 2.24) is 4.90 Å². The molecule has 142 valence electrons. The lowest BCUT2D eigenvalue weighted by molar-refractivity contribution is -0.123. The molecule has 27 heavy (non-hydrogen) atoms. The molecule has 1 aliphatic heterocycles. The number of hydrogen-bond donors (Lipinski definition) is 0. The van der Waals surface area contributed by atoms with Crippen LogP contribution in [-0.4, -0.2) is 36.3 Å². The number of nitrogens with zero attached hydrogens (tertiary/aromatic N) is 1. The van der Waals surface area contributed by atoms with Crippen LogP contribution in [0.3, 0.4) is 0 Å². The number of imide groups is 1. The van der Waals surface area contributed by atoms with Crippen LogP contribution in [0.5, 0.6) is 11.5 Å². The highest BCUT2D eigenvalue weighted by molar-refractivity contribution is 8.18. The van der Waals surface area contributed by atoms with Gasteiger partial charge in [0, 0.05) is 6.54 Å². The Bertz CT molecular complexity index is 790. The lowest BCUT2D eigenvalue weighted by Crippen LogP contribution is -2.34. The number of benzene rings is 1. The fourth-order valence-corrected chi connectivity index (χ4v) is 4.30. The monoisotopic (exact) mass is 385 g/mol. The van der Waals surface area contributed by atoms with E-state index in [1.54, 1.807) is 25.3 Å². The molecule has 0 N–H and O–H groups in total. The minimum atomic E-state index is -0.206. The van der Waals surface area contributed by atoms with Gasteiger partial charge in [-0.1, -0.05) is 31.2 Å². The highest BCUT2D eigenvalue weighted by Crippen LogP contribution is 2.36. The molecule has 5 nitrogen and oxygen atoms in total. The van der Waals surface area contributed by atoms with Gasteiger partial charge >= 0.3 is 0 Å². The largest absolute Gasteiger partial charge is 0.493 e. The van der Waals surface area contributed by atoms with E-state index in [9.17, 15) is 9.59 Å². The summed E-state index contributed by atoms with van der Waals surface area (Å²) in [6, 6.07) is 5.32. The first-order chi connectivity index (χ1) is 13.1. The van der Waals surface area contributed by atoms with Crippen LogP contribution in [0.4, 0.5) is 4.79 Å². The molecule has 2 aliphatic rings. The van der Waals surface area contributed by atoms with Crippen LogP contribution in [0.2, 0.25) is 0 Å². The summed E-state index contributed by atoms with van der Waals surface area (Å²) >= 11 is 0.997. The van der Waals surface area contributed by atoms with E-state index in [1.165, 1.54) is 24.2 Å². The summed E-state index contributed by atoms with van der Waals surface area (Å²) in [5.41, 5.74) is 0.767. The van der Waals surface area contributed by atoms with Gasteiger partial charge in [0.05, 0.1) is 12.0 Å². The summed E-state index contributed by atoms with van der Waals surface area (Å²) in [4.78, 5) is 26.8. The van der Waals surface area contributed by atoms with E-state index in [4.69, 9.17) is 15.9 Å². The second-order valence-corrected chi connectivity index (χ2v) is 7.69. The highest BCUT2D eigenvalue weighted by Gasteiger charge is 2.36. The molecule has 6 heteroatoms. The second-order valence-electron chi connectivity index (χ2n) is 6.70. The van der Waals surface area contributed by atoms with Gasteiger partial charge in [0.2, 0.25) is 0 Å². The fraction of sp³-hybridized carbons (Fsp3) is 0.429. The third-order valence-corrected chi connectivity index (χ3v) is 5.74. The van der Waals surface area contributed by atoms with Gasteiger partial charge in [-0.3, -0.25) is 14.5 Å². The van der Waals surface area contributed by atoms with E-state index in [1.807, 2.05) is 6.07 Å². The van der Waals surface area contributed by atoms with Crippen LogP contribution >= 0.6 is 11.8 Å². The van der Waals surface area contributed by atoms with E-state index in [-0.39, 0.29) is 17.8 Å². The minimum Gasteiger partial charge on any atom is -0.493 e. The molecule has 0 unspecified atom stereocenters. The van der Waals surface area contributed by atoms with Crippen LogP contribution in [0.25, 0.3) is 6.08 Å². The predicted octanol–water partition coefficient (Wildman–Crippen LogP) is 4.32. The topological polar surface area (TPSA) is 55.8 Å². The van der Waals surface area contributed by atoms with Crippen LogP contribution in [0, 0.1) is 18.3 Å². The Morgan fingerprint density at radius 2 is 2.04 bits per heavy atom. The second kappa shape index (κ2) is 9.01. The van der Waals surface area contributed by atoms with Crippen LogP contribution in [-0.2, 0) is 4.79 Å². The number of ether oxygens (including phenoxy) is 2. The molecule has 0 bridgehead atoms. The molecule has 0 spiro atoms. The number of terminal acetylenes is 1. The van der Waals surface area contributed by atoms with Gasteiger partial charge in [-0.25, -0.2) is 0 Å². The molecule has 0 radical (unpaired) electrons. The Labute approximate surface area is 164 Å². The zero-order valence-electron chi connectivity index (χ0n) is 15.4. The van der Waals surface area contributed by atoms with Crippen molar-refractivity contribution < 1.29 is 19.1 Å². The SMILES string of the molecule is C#CCOc1ccc(/C=C2/SC(=O)N(CC3CCCCC3)C2=O)cc1OC. The summed E-state index contributed by atoms with van der Waals surface area (Å²) in [6.45, 7) is 0.681. The molecule has 0 aromatic heterocycles. The molecular weight excluding hydrogens is 362 g/mol. The van der Waals surface area contributed by atoms with Crippen molar-refractivity contribution in [3.05, 3.63) is 28.7 Å². The average Bonchev–Trinajstić information content (AvgIpc) is 2.95. The third kappa shape index (κ3) is 4.67. The number of methoxy groups -OCH3 is 1. The van der Waals surface area contributed by atoms with E-state index in [0.29, 0.717) is 28.9 Å². The molecule has 1 saturated heterocycles. The predicted molar refractivity (Wildman–Crippen MR) is 107 cm³/mol. The zero-order valence-corrected chi connectivity index (χ0v) is 16.2. The van der Waals surface area contributed by atoms with E-state index in [2.05, 4.69) is 5.92 Å². The Balaban J connectivity index is 1.74. The maximum absolute atomic E-state index is 12.7. The first-order valence-corrected chi connectivity index (χ1v) is 9.93. The van der Waals surface area contributed by atoms with Crippen LogP contribution in [0.15, 0.2) is 23.1 Å². The molecular formula is C21H23NO4S. The van der Waals surface area contributed by atoms with Gasteiger partial charge in [-0.05, 0) is 54.3 Å². The number of hydrogen-bond acceptors (Lipinski definition) is 5. The van der Waals surface area contributed by atoms with Gasteiger partial charge in [0.1, 0.15) is 6.61 Å². The van der Waals surface area contributed by atoms with Crippen molar-refractivity contribution >= 4 is 29.0 Å². The molecule has 0 atom stereocenters. The number of carbonyl (C=O) groups is 2. The van der Waals surface area contributed by atoms with Crippen molar-refractivity contribution in [1.29, 1.82) is 0 Å². The summed E-state index contributed by atoms with van der Waals surface area (Å²) < 4.78 is 10.8. The molecule has 2 amide bonds. The molecule has 1 heterocycles. The van der Waals surface area contributed by atoms with E-state index in [0.717, 1.165) is 30.2 Å². The molecule has 1 saturated carbocycles. The van der Waals surface area contributed by atoms with Gasteiger partial charge in [0.25, 0.3) is 11.1 Å². The Morgan fingerprint density at radius 1 is 1.26 bits per heavy atom. The first-order valence-electron chi connectivity index (χ1n) is 9.12. The molecule has 3 rings (SSSR count). The van der Waals surface area contributed by atoms with Crippen molar-refractivity contribution in [2.75, 3.05) is 20.3 Å². The van der Waals surface area contributed by atoms with Crippen LogP contribution in [0.1, 0.15) is 37.7 Å². The number of carbonyl (C=O) groups excluding carboxylic acids is 2. The smallest absolute Gasteiger partial charge is 0.293 e. The van der Waals surface area contributed by atoms with Gasteiger partial charge in [-0.2, -0.15) is 0 Å². The first kappa shape index (κ1) is 19.4. The summed E-state index contributed by atoms with van der Waals surface area (Å²) in [7, 11) is 1.54. The maximum atomic E-state index is 12.7. The van der Waals surface area contributed by atoms with Crippen molar-refractivity contribution in [2.45, 2.75) is 32.1 Å². The van der Waals surface area contributed by atoms with Crippen molar-refractivity contribution in [2.24, 2.45) is 5.92 Å². The Morgan fingerprint density at radius 3 is 2.74 bits per heavy atom. The number of rotatable bonds is 6. The van der Waals surface area contributed by atoms with Crippen molar-refractivity contribution in [3.8, 4) is 23.8 Å². The third-order valence-electron chi connectivity index (χ3n) is 4.84. The highest BCUT2D eigenvalue weighted by atomic mass is 32.2. The fourth-order valence-electron chi connectivity index (χ4n) is 3.45. The van der Waals surface area contributed by atoms with E-state index < -0.39 is 0 Å². The van der Waals surface area contributed by atoms with Crippen molar-refractivity contribution in [3.63, 3.8) is 0 Å². The molecule has 1 aromatic rings. The zero-order chi connectivity index (χ0) is 19.2. The lowest BCUT2D eigenvalue weighted by atomic mass is 9.89. The number of amides is 2. The average molecular weight is 385 g/mol. The Kier molecular flexibility index (Phi) is 6.46. The van der Waals surface area contributed by atoms with Gasteiger partial charge in [-0.15, -0.1) is 6.42 Å². The van der Waals surface area contributed by atoms with Crippen LogP contribution < -0.4 is 9.47 Å². The maximum Gasteiger partial charge on any atom is 0.293 e. The van der Waals surface area contributed by atoms with Gasteiger partial charge in [0.15, 0.2) is 11.5 Å². The summed E-state index contributed by atoms with van der Waals surface area (Å²) in [5, 5.41) is -0.183. The molecule has 1 aromatic carbocycles. The molecule has 2 fully saturated rings. The van der Waals surface area contributed by atoms with E-state index >= 15 is 0 Å². The minimum absolute atomic E-state index is 0.149. The number of thioether (sulfide) groups is 1. The lowest BCUT2D eigenvalue weighted by Gasteiger charge is -2.25. The quantitative estimate of drug-likeness (QED) is 0.539. The normalized spacial score (nSPS) is 19.4. The summed E-state index contributed by atoms with van der Waals surface area (Å²) in [6.07, 6.45) is 12.7.